The highest BCUT2D eigenvalue weighted by molar-refractivity contribution is 14.0. The smallest absolute Gasteiger partial charge is 0.251 e. The second-order valence-electron chi connectivity index (χ2n) is 7.63. The van der Waals surface area contributed by atoms with Crippen LogP contribution in [0.2, 0.25) is 0 Å². The Hall–Kier alpha value is -2.24. The van der Waals surface area contributed by atoms with Crippen LogP contribution in [0.3, 0.4) is 0 Å². The van der Waals surface area contributed by atoms with Gasteiger partial charge in [-0.3, -0.25) is 14.7 Å². The van der Waals surface area contributed by atoms with E-state index >= 15 is 0 Å². The zero-order valence-corrected chi connectivity index (χ0v) is 21.5. The lowest BCUT2D eigenvalue weighted by molar-refractivity contribution is 0.0170. The molecule has 0 aliphatic carbocycles. The number of morpholine rings is 1. The number of nitrogens with one attached hydrogen (secondary N) is 3. The second-order valence-corrected chi connectivity index (χ2v) is 7.63. The van der Waals surface area contributed by atoms with Crippen molar-refractivity contribution in [3.05, 3.63) is 71.0 Å². The van der Waals surface area contributed by atoms with Gasteiger partial charge < -0.3 is 20.7 Å². The van der Waals surface area contributed by atoms with Crippen LogP contribution in [0.15, 0.2) is 53.5 Å². The molecule has 0 spiro atoms. The van der Waals surface area contributed by atoms with Crippen LogP contribution in [0.25, 0.3) is 0 Å². The number of aliphatic imine (C=N–C) groups is 1. The van der Waals surface area contributed by atoms with Crippen LogP contribution < -0.4 is 16.0 Å². The molecule has 1 saturated heterocycles. The number of rotatable bonds is 8. The molecule has 3 N–H and O–H groups in total. The molecule has 0 aromatic heterocycles. The average Bonchev–Trinajstić information content (AvgIpc) is 2.84. The molecule has 1 unspecified atom stereocenters. The van der Waals surface area contributed by atoms with Crippen molar-refractivity contribution in [2.75, 3.05) is 53.5 Å². The summed E-state index contributed by atoms with van der Waals surface area (Å²) >= 11 is 0. The summed E-state index contributed by atoms with van der Waals surface area (Å²) in [6.45, 7) is 4.36. The molecule has 1 atom stereocenters. The molecule has 1 heterocycles. The number of hydrogen-bond acceptors (Lipinski definition) is 4. The Morgan fingerprint density at radius 1 is 1.15 bits per heavy atom. The summed E-state index contributed by atoms with van der Waals surface area (Å²) in [5, 5.41) is 9.38. The van der Waals surface area contributed by atoms with E-state index in [2.05, 4.69) is 25.8 Å². The van der Waals surface area contributed by atoms with Crippen LogP contribution in [0.1, 0.15) is 27.5 Å². The van der Waals surface area contributed by atoms with Crippen molar-refractivity contribution in [1.29, 1.82) is 0 Å². The first-order chi connectivity index (χ1) is 15.6. The average molecular weight is 569 g/mol. The predicted molar refractivity (Wildman–Crippen MR) is 140 cm³/mol. The summed E-state index contributed by atoms with van der Waals surface area (Å²) in [4.78, 5) is 18.5. The summed E-state index contributed by atoms with van der Waals surface area (Å²) in [6, 6.07) is 14.4. The van der Waals surface area contributed by atoms with Crippen LogP contribution in [0.5, 0.6) is 0 Å². The van der Waals surface area contributed by atoms with Gasteiger partial charge in [-0.15, -0.1) is 24.0 Å². The number of guanidine groups is 1. The van der Waals surface area contributed by atoms with Gasteiger partial charge in [0.2, 0.25) is 0 Å². The molecule has 0 saturated carbocycles. The van der Waals surface area contributed by atoms with Crippen LogP contribution in [0.4, 0.5) is 4.39 Å². The first-order valence-electron chi connectivity index (χ1n) is 10.9. The number of benzene rings is 2. The predicted octanol–water partition coefficient (Wildman–Crippen LogP) is 2.58. The highest BCUT2D eigenvalue weighted by atomic mass is 127. The number of nitrogens with zero attached hydrogens (tertiary/aromatic N) is 2. The molecule has 1 aliphatic heterocycles. The SMILES string of the molecule is CN=C(NCCc1cccc(C(=O)NC)c1)NCC(c1ccc(F)cc1)N1CCOCC1.I. The summed E-state index contributed by atoms with van der Waals surface area (Å²) in [7, 11) is 3.37. The van der Waals surface area contributed by atoms with Gasteiger partial charge in [-0.1, -0.05) is 24.3 Å². The number of carbonyl (C=O) groups is 1. The maximum Gasteiger partial charge on any atom is 0.251 e. The molecular formula is C24H33FIN5O2. The van der Waals surface area contributed by atoms with Gasteiger partial charge in [0.25, 0.3) is 5.91 Å². The van der Waals surface area contributed by atoms with Crippen LogP contribution in [0, 0.1) is 5.82 Å². The second kappa shape index (κ2) is 14.1. The number of halogens is 2. The van der Waals surface area contributed by atoms with E-state index in [1.165, 1.54) is 12.1 Å². The Morgan fingerprint density at radius 2 is 1.88 bits per heavy atom. The number of ether oxygens (including phenoxy) is 1. The minimum absolute atomic E-state index is 0. The number of hydrogen-bond donors (Lipinski definition) is 3. The van der Waals surface area contributed by atoms with Crippen molar-refractivity contribution in [1.82, 2.24) is 20.9 Å². The van der Waals surface area contributed by atoms with E-state index < -0.39 is 0 Å². The topological polar surface area (TPSA) is 78.0 Å². The van der Waals surface area contributed by atoms with E-state index in [9.17, 15) is 9.18 Å². The van der Waals surface area contributed by atoms with Gasteiger partial charge in [-0.2, -0.15) is 0 Å². The Morgan fingerprint density at radius 3 is 2.55 bits per heavy atom. The van der Waals surface area contributed by atoms with Crippen LogP contribution in [-0.2, 0) is 11.2 Å². The molecule has 2 aromatic rings. The Balaban J connectivity index is 0.00000385. The molecule has 1 aliphatic rings. The van der Waals surface area contributed by atoms with Crippen molar-refractivity contribution in [2.45, 2.75) is 12.5 Å². The van der Waals surface area contributed by atoms with Gasteiger partial charge in [-0.05, 0) is 41.8 Å². The maximum atomic E-state index is 13.4. The van der Waals surface area contributed by atoms with Crippen molar-refractivity contribution in [3.63, 3.8) is 0 Å². The standard InChI is InChI=1S/C24H32FN5O2.HI/c1-26-23(31)20-5-3-4-18(16-20)10-11-28-24(27-2)29-17-22(30-12-14-32-15-13-30)19-6-8-21(25)9-7-19;/h3-9,16,22H,10-15,17H2,1-2H3,(H,26,31)(H2,27,28,29);1H. The largest absolute Gasteiger partial charge is 0.379 e. The summed E-state index contributed by atoms with van der Waals surface area (Å²) < 4.78 is 18.9. The van der Waals surface area contributed by atoms with Crippen molar-refractivity contribution in [3.8, 4) is 0 Å². The fraction of sp³-hybridized carbons (Fsp3) is 0.417. The lowest BCUT2D eigenvalue weighted by atomic mass is 10.0. The van der Waals surface area contributed by atoms with Gasteiger partial charge in [0.1, 0.15) is 5.82 Å². The first kappa shape index (κ1) is 27.0. The van der Waals surface area contributed by atoms with E-state index in [-0.39, 0.29) is 41.7 Å². The van der Waals surface area contributed by atoms with Crippen molar-refractivity contribution >= 4 is 35.8 Å². The summed E-state index contributed by atoms with van der Waals surface area (Å²) in [5.74, 6) is 0.375. The molecule has 2 aromatic carbocycles. The lowest BCUT2D eigenvalue weighted by Crippen LogP contribution is -2.46. The van der Waals surface area contributed by atoms with Crippen LogP contribution in [-0.4, -0.2) is 70.3 Å². The molecule has 9 heteroatoms. The molecule has 33 heavy (non-hydrogen) atoms. The Kier molecular flexibility index (Phi) is 11.6. The highest BCUT2D eigenvalue weighted by Gasteiger charge is 2.23. The fourth-order valence-electron chi connectivity index (χ4n) is 3.78. The lowest BCUT2D eigenvalue weighted by Gasteiger charge is -2.35. The van der Waals surface area contributed by atoms with Gasteiger partial charge in [0.05, 0.1) is 19.3 Å². The zero-order chi connectivity index (χ0) is 22.8. The summed E-state index contributed by atoms with van der Waals surface area (Å²) in [6.07, 6.45) is 0.760. The normalized spacial score (nSPS) is 15.3. The molecule has 0 radical (unpaired) electrons. The number of carbonyl (C=O) groups excluding carboxylic acids is 1. The fourth-order valence-corrected chi connectivity index (χ4v) is 3.78. The molecule has 180 valence electrons. The van der Waals surface area contributed by atoms with E-state index in [4.69, 9.17) is 4.74 Å². The number of amides is 1. The van der Waals surface area contributed by atoms with E-state index in [1.807, 2.05) is 30.3 Å². The van der Waals surface area contributed by atoms with Gasteiger partial charge in [0.15, 0.2) is 5.96 Å². The van der Waals surface area contributed by atoms with Crippen molar-refractivity contribution < 1.29 is 13.9 Å². The third-order valence-electron chi connectivity index (χ3n) is 5.55. The maximum absolute atomic E-state index is 13.4. The first-order valence-corrected chi connectivity index (χ1v) is 10.9. The van der Waals surface area contributed by atoms with E-state index in [1.54, 1.807) is 20.2 Å². The Bertz CT molecular complexity index is 904. The Labute approximate surface area is 212 Å². The van der Waals surface area contributed by atoms with E-state index in [0.717, 1.165) is 30.6 Å². The third kappa shape index (κ3) is 8.24. The third-order valence-corrected chi connectivity index (χ3v) is 5.55. The zero-order valence-electron chi connectivity index (χ0n) is 19.1. The monoisotopic (exact) mass is 569 g/mol. The molecule has 1 amide bonds. The minimum Gasteiger partial charge on any atom is -0.379 e. The molecule has 1 fully saturated rings. The van der Waals surface area contributed by atoms with Crippen molar-refractivity contribution in [2.24, 2.45) is 4.99 Å². The van der Waals surface area contributed by atoms with Crippen LogP contribution >= 0.6 is 24.0 Å². The quantitative estimate of drug-likeness (QED) is 0.259. The van der Waals surface area contributed by atoms with Gasteiger partial charge in [-0.25, -0.2) is 4.39 Å². The summed E-state index contributed by atoms with van der Waals surface area (Å²) in [5.41, 5.74) is 2.79. The molecule has 7 nitrogen and oxygen atoms in total. The minimum atomic E-state index is -0.236. The van der Waals surface area contributed by atoms with Gasteiger partial charge in [0, 0.05) is 45.8 Å². The molecular weight excluding hydrogens is 536 g/mol. The highest BCUT2D eigenvalue weighted by Crippen LogP contribution is 2.21. The van der Waals surface area contributed by atoms with E-state index in [0.29, 0.717) is 37.8 Å². The molecule has 0 bridgehead atoms. The molecule has 3 rings (SSSR count). The van der Waals surface area contributed by atoms with Gasteiger partial charge >= 0.3 is 0 Å².